The van der Waals surface area contributed by atoms with Crippen LogP contribution in [0.5, 0.6) is 5.88 Å². The molecule has 1 aromatic heterocycles. The number of methoxy groups -OCH3 is 1. The van der Waals surface area contributed by atoms with Gasteiger partial charge in [0.05, 0.1) is 7.11 Å². The van der Waals surface area contributed by atoms with Crippen LogP contribution in [0, 0.1) is 11.3 Å². The Labute approximate surface area is 121 Å². The van der Waals surface area contributed by atoms with Gasteiger partial charge in [-0.05, 0) is 30.6 Å². The Bertz CT molecular complexity index is 441. The van der Waals surface area contributed by atoms with E-state index in [2.05, 4.69) is 29.1 Å². The summed E-state index contributed by atoms with van der Waals surface area (Å²) in [6, 6.07) is 0. The van der Waals surface area contributed by atoms with Crippen LogP contribution in [0.25, 0.3) is 0 Å². The molecule has 0 aromatic carbocycles. The molecule has 3 N–H and O–H groups in total. The highest BCUT2D eigenvalue weighted by molar-refractivity contribution is 5.66. The third-order valence-corrected chi connectivity index (χ3v) is 4.18. The predicted molar refractivity (Wildman–Crippen MR) is 81.8 cm³/mol. The highest BCUT2D eigenvalue weighted by Gasteiger charge is 2.34. The van der Waals surface area contributed by atoms with E-state index in [-0.39, 0.29) is 0 Å². The summed E-state index contributed by atoms with van der Waals surface area (Å²) in [5.74, 6) is 1.84. The van der Waals surface area contributed by atoms with Crippen LogP contribution in [0.3, 0.4) is 0 Å². The van der Waals surface area contributed by atoms with Gasteiger partial charge in [0.25, 0.3) is 0 Å². The molecule has 0 aliphatic heterocycles. The maximum absolute atomic E-state index is 6.01. The molecule has 0 saturated heterocycles. The van der Waals surface area contributed by atoms with Gasteiger partial charge in [-0.25, -0.2) is 4.98 Å². The van der Waals surface area contributed by atoms with E-state index in [0.717, 1.165) is 6.54 Å². The van der Waals surface area contributed by atoms with Crippen LogP contribution in [0.2, 0.25) is 0 Å². The SMILES string of the molecule is COc1ncnc(NCC2(CC(C)C)CCCC2)c1N. The molecule has 0 atom stereocenters. The lowest BCUT2D eigenvalue weighted by atomic mass is 9.78. The number of hydrogen-bond acceptors (Lipinski definition) is 5. The van der Waals surface area contributed by atoms with Gasteiger partial charge in [-0.15, -0.1) is 0 Å². The number of nitrogens with one attached hydrogen (secondary N) is 1. The van der Waals surface area contributed by atoms with Gasteiger partial charge in [0.1, 0.15) is 12.0 Å². The molecule has 0 unspecified atom stereocenters. The number of nitrogens with two attached hydrogens (primary N) is 1. The minimum atomic E-state index is 0.388. The van der Waals surface area contributed by atoms with E-state index >= 15 is 0 Å². The first kappa shape index (κ1) is 14.9. The molecule has 0 bridgehead atoms. The summed E-state index contributed by atoms with van der Waals surface area (Å²) in [5.41, 5.74) is 6.89. The van der Waals surface area contributed by atoms with Gasteiger partial charge in [-0.1, -0.05) is 26.7 Å². The summed E-state index contributed by atoms with van der Waals surface area (Å²) in [6.07, 6.45) is 7.98. The second-order valence-corrected chi connectivity index (χ2v) is 6.30. The van der Waals surface area contributed by atoms with Crippen molar-refractivity contribution in [3.8, 4) is 5.88 Å². The second-order valence-electron chi connectivity index (χ2n) is 6.30. The van der Waals surface area contributed by atoms with Crippen molar-refractivity contribution in [3.63, 3.8) is 0 Å². The van der Waals surface area contributed by atoms with Crippen LogP contribution in [-0.2, 0) is 0 Å². The summed E-state index contributed by atoms with van der Waals surface area (Å²) >= 11 is 0. The molecular formula is C15H26N4O. The van der Waals surface area contributed by atoms with Gasteiger partial charge in [0, 0.05) is 6.54 Å². The predicted octanol–water partition coefficient (Wildman–Crippen LogP) is 3.09. The lowest BCUT2D eigenvalue weighted by Crippen LogP contribution is -2.29. The van der Waals surface area contributed by atoms with Crippen LogP contribution in [0.15, 0.2) is 6.33 Å². The molecule has 112 valence electrons. The van der Waals surface area contributed by atoms with Crippen molar-refractivity contribution in [2.45, 2.75) is 46.0 Å². The monoisotopic (exact) mass is 278 g/mol. The maximum atomic E-state index is 6.01. The lowest BCUT2D eigenvalue weighted by Gasteiger charge is -2.31. The van der Waals surface area contributed by atoms with E-state index in [1.54, 1.807) is 7.11 Å². The molecule has 1 aliphatic rings. The Morgan fingerprint density at radius 2 is 2.05 bits per heavy atom. The average molecular weight is 278 g/mol. The minimum Gasteiger partial charge on any atom is -0.479 e. The van der Waals surface area contributed by atoms with Gasteiger partial charge in [-0.3, -0.25) is 0 Å². The molecule has 1 fully saturated rings. The number of rotatable bonds is 6. The molecule has 20 heavy (non-hydrogen) atoms. The summed E-state index contributed by atoms with van der Waals surface area (Å²) < 4.78 is 5.13. The largest absolute Gasteiger partial charge is 0.479 e. The zero-order valence-corrected chi connectivity index (χ0v) is 12.8. The third kappa shape index (κ3) is 3.32. The standard InChI is InChI=1S/C15H26N4O/c1-11(2)8-15(6-4-5-7-15)9-17-13-12(16)14(20-3)19-10-18-13/h10-11H,4-9,16H2,1-3H3,(H,17,18,19). The molecule has 5 nitrogen and oxygen atoms in total. The van der Waals surface area contributed by atoms with Gasteiger partial charge >= 0.3 is 0 Å². The fourth-order valence-corrected chi connectivity index (χ4v) is 3.40. The van der Waals surface area contributed by atoms with Gasteiger partial charge in [0.15, 0.2) is 5.82 Å². The van der Waals surface area contributed by atoms with Gasteiger partial charge in [-0.2, -0.15) is 4.98 Å². The van der Waals surface area contributed by atoms with E-state index in [1.165, 1.54) is 38.4 Å². The Morgan fingerprint density at radius 1 is 1.35 bits per heavy atom. The highest BCUT2D eigenvalue weighted by atomic mass is 16.5. The average Bonchev–Trinajstić information content (AvgIpc) is 2.85. The maximum Gasteiger partial charge on any atom is 0.242 e. The zero-order chi connectivity index (χ0) is 14.6. The molecule has 1 aliphatic carbocycles. The first-order valence-corrected chi connectivity index (χ1v) is 7.45. The number of ether oxygens (including phenoxy) is 1. The van der Waals surface area contributed by atoms with Gasteiger partial charge < -0.3 is 15.8 Å². The molecule has 5 heteroatoms. The minimum absolute atomic E-state index is 0.388. The van der Waals surface area contributed by atoms with Crippen LogP contribution >= 0.6 is 0 Å². The Kier molecular flexibility index (Phi) is 4.68. The van der Waals surface area contributed by atoms with Crippen LogP contribution in [0.1, 0.15) is 46.0 Å². The quantitative estimate of drug-likeness (QED) is 0.836. The van der Waals surface area contributed by atoms with E-state index in [9.17, 15) is 0 Å². The summed E-state index contributed by atoms with van der Waals surface area (Å²) in [4.78, 5) is 8.24. The number of aromatic nitrogens is 2. The van der Waals surface area contributed by atoms with Crippen molar-refractivity contribution in [1.29, 1.82) is 0 Å². The Balaban J connectivity index is 2.06. The molecule has 0 amide bonds. The Hall–Kier alpha value is -1.52. The summed E-state index contributed by atoms with van der Waals surface area (Å²) in [5, 5.41) is 3.42. The Morgan fingerprint density at radius 3 is 2.65 bits per heavy atom. The van der Waals surface area contributed by atoms with Crippen molar-refractivity contribution in [2.24, 2.45) is 11.3 Å². The molecule has 2 rings (SSSR count). The molecule has 0 spiro atoms. The van der Waals surface area contributed by atoms with Crippen molar-refractivity contribution in [1.82, 2.24) is 9.97 Å². The molecule has 0 radical (unpaired) electrons. The van der Waals surface area contributed by atoms with Crippen LogP contribution in [-0.4, -0.2) is 23.6 Å². The fourth-order valence-electron chi connectivity index (χ4n) is 3.40. The normalized spacial score (nSPS) is 17.4. The van der Waals surface area contributed by atoms with E-state index in [4.69, 9.17) is 10.5 Å². The fraction of sp³-hybridized carbons (Fsp3) is 0.733. The zero-order valence-electron chi connectivity index (χ0n) is 12.8. The summed E-state index contributed by atoms with van der Waals surface area (Å²) in [7, 11) is 1.57. The van der Waals surface area contributed by atoms with Crippen LogP contribution < -0.4 is 15.8 Å². The molecule has 1 aromatic rings. The second kappa shape index (κ2) is 6.29. The van der Waals surface area contributed by atoms with Crippen molar-refractivity contribution in [3.05, 3.63) is 6.33 Å². The molecule has 1 heterocycles. The third-order valence-electron chi connectivity index (χ3n) is 4.18. The van der Waals surface area contributed by atoms with Crippen molar-refractivity contribution >= 4 is 11.5 Å². The number of nitrogens with zero attached hydrogens (tertiary/aromatic N) is 2. The van der Waals surface area contributed by atoms with E-state index in [1.807, 2.05) is 0 Å². The molecule has 1 saturated carbocycles. The lowest BCUT2D eigenvalue weighted by molar-refractivity contribution is 0.252. The number of nitrogen functional groups attached to an aromatic ring is 1. The van der Waals surface area contributed by atoms with Crippen LogP contribution in [0.4, 0.5) is 11.5 Å². The number of anilines is 2. The number of hydrogen-bond donors (Lipinski definition) is 2. The highest BCUT2D eigenvalue weighted by Crippen LogP contribution is 2.43. The van der Waals surface area contributed by atoms with Gasteiger partial charge in [0.2, 0.25) is 5.88 Å². The first-order chi connectivity index (χ1) is 9.56. The van der Waals surface area contributed by atoms with Crippen molar-refractivity contribution < 1.29 is 4.74 Å². The smallest absolute Gasteiger partial charge is 0.242 e. The van der Waals surface area contributed by atoms with E-state index in [0.29, 0.717) is 28.7 Å². The summed E-state index contributed by atoms with van der Waals surface area (Å²) in [6.45, 7) is 5.51. The van der Waals surface area contributed by atoms with E-state index < -0.39 is 0 Å². The molecular weight excluding hydrogens is 252 g/mol. The van der Waals surface area contributed by atoms with Crippen molar-refractivity contribution in [2.75, 3.05) is 24.7 Å². The topological polar surface area (TPSA) is 73.1 Å². The first-order valence-electron chi connectivity index (χ1n) is 7.45.